The van der Waals surface area contributed by atoms with Crippen molar-refractivity contribution in [3.8, 4) is 0 Å². The fraction of sp³-hybridized carbons (Fsp3) is 0. The van der Waals surface area contributed by atoms with Crippen molar-refractivity contribution in [2.75, 3.05) is 0 Å². The van der Waals surface area contributed by atoms with E-state index in [0.717, 1.165) is 0 Å². The van der Waals surface area contributed by atoms with Crippen molar-refractivity contribution < 1.29 is 9.90 Å². The van der Waals surface area contributed by atoms with Crippen molar-refractivity contribution in [2.45, 2.75) is 0 Å². The van der Waals surface area contributed by atoms with E-state index in [1.165, 1.54) is 0 Å². The van der Waals surface area contributed by atoms with E-state index in [1.54, 1.807) is 30.3 Å². The van der Waals surface area contributed by atoms with E-state index in [0.29, 0.717) is 5.56 Å². The number of hydrogen-bond acceptors (Lipinski definition) is 1. The first-order valence-corrected chi connectivity index (χ1v) is 2.59. The van der Waals surface area contributed by atoms with E-state index in [1.807, 2.05) is 0 Å². The third-order valence-corrected chi connectivity index (χ3v) is 1.02. The molecule has 1 aromatic carbocycles. The van der Waals surface area contributed by atoms with Crippen LogP contribution in [0.2, 0.25) is 0 Å². The monoisotopic (exact) mass is 374 g/mol. The Labute approximate surface area is 127 Å². The van der Waals surface area contributed by atoms with Gasteiger partial charge in [-0.25, -0.2) is 4.79 Å². The third-order valence-electron chi connectivity index (χ3n) is 1.02. The fourth-order valence-corrected chi connectivity index (χ4v) is 0.581. The molecule has 1 aromatic rings. The molecule has 11 heavy (non-hydrogen) atoms. The Morgan fingerprint density at radius 3 is 1.91 bits per heavy atom. The molecule has 0 aromatic heterocycles. The van der Waals surface area contributed by atoms with Gasteiger partial charge in [-0.3, -0.25) is 0 Å². The van der Waals surface area contributed by atoms with Crippen LogP contribution in [0, 0.1) is 0 Å². The summed E-state index contributed by atoms with van der Waals surface area (Å²) in [7, 11) is 0. The van der Waals surface area contributed by atoms with Gasteiger partial charge in [-0.2, -0.15) is 0 Å². The first-order chi connectivity index (χ1) is 4.30. The molecule has 0 spiro atoms. The van der Waals surface area contributed by atoms with Crippen LogP contribution in [0.4, 0.5) is 0 Å². The van der Waals surface area contributed by atoms with Crippen molar-refractivity contribution >= 4 is 83.6 Å². The molecule has 0 unspecified atom stereocenters. The first-order valence-electron chi connectivity index (χ1n) is 2.59. The van der Waals surface area contributed by atoms with Gasteiger partial charge in [0.1, 0.15) is 0 Å². The molecular formula is C7H10BiKO2. The van der Waals surface area contributed by atoms with E-state index in [9.17, 15) is 4.79 Å². The second-order valence-corrected chi connectivity index (χ2v) is 1.67. The van der Waals surface area contributed by atoms with E-state index in [4.69, 9.17) is 5.11 Å². The standard InChI is InChI=1S/C7H6O2.Bi.K.4H/c8-7(9)6-4-2-1-3-5-6;;;;;;/h1-5H,(H,8,9);;;;;;. The molecule has 0 radical (unpaired) electrons. The van der Waals surface area contributed by atoms with Gasteiger partial charge < -0.3 is 5.11 Å². The van der Waals surface area contributed by atoms with Crippen LogP contribution in [0.1, 0.15) is 10.4 Å². The molecule has 0 heterocycles. The Bertz CT molecular complexity index is 213. The van der Waals surface area contributed by atoms with Crippen molar-refractivity contribution in [2.24, 2.45) is 0 Å². The average Bonchev–Trinajstić information content (AvgIpc) is 1.90. The van der Waals surface area contributed by atoms with Crippen LogP contribution in [0.15, 0.2) is 30.3 Å². The van der Waals surface area contributed by atoms with Crippen LogP contribution >= 0.6 is 0 Å². The van der Waals surface area contributed by atoms with E-state index in [2.05, 4.69) is 0 Å². The number of aromatic carboxylic acids is 1. The Morgan fingerprint density at radius 2 is 1.64 bits per heavy atom. The summed E-state index contributed by atoms with van der Waals surface area (Å²) in [5, 5.41) is 8.38. The normalized spacial score (nSPS) is 7.27. The molecule has 0 atom stereocenters. The van der Waals surface area contributed by atoms with Crippen LogP contribution in [0.3, 0.4) is 0 Å². The Balaban J connectivity index is 0. The van der Waals surface area contributed by atoms with Gasteiger partial charge in [0, 0.05) is 0 Å². The van der Waals surface area contributed by atoms with Crippen LogP contribution in [-0.4, -0.2) is 88.7 Å². The van der Waals surface area contributed by atoms with Gasteiger partial charge in [0.25, 0.3) is 0 Å². The van der Waals surface area contributed by atoms with Gasteiger partial charge in [-0.1, -0.05) is 18.2 Å². The number of benzene rings is 1. The third kappa shape index (κ3) is 5.45. The molecule has 0 aliphatic heterocycles. The van der Waals surface area contributed by atoms with Crippen LogP contribution in [-0.2, 0) is 0 Å². The summed E-state index contributed by atoms with van der Waals surface area (Å²) in [6.45, 7) is 0. The SMILES string of the molecule is O=C(O)c1ccccc1.[BiH3].[KH]. The molecule has 0 saturated carbocycles. The summed E-state index contributed by atoms with van der Waals surface area (Å²) in [4.78, 5) is 10.2. The summed E-state index contributed by atoms with van der Waals surface area (Å²) in [6.07, 6.45) is 0. The second-order valence-electron chi connectivity index (χ2n) is 1.67. The summed E-state index contributed by atoms with van der Waals surface area (Å²) in [5.74, 6) is -0.879. The van der Waals surface area contributed by atoms with Gasteiger partial charge in [0.2, 0.25) is 0 Å². The summed E-state index contributed by atoms with van der Waals surface area (Å²) in [6, 6.07) is 8.30. The van der Waals surface area contributed by atoms with E-state index >= 15 is 0 Å². The molecule has 0 aliphatic rings. The zero-order chi connectivity index (χ0) is 6.69. The average molecular weight is 374 g/mol. The molecule has 0 fully saturated rings. The molecule has 2 nitrogen and oxygen atoms in total. The maximum absolute atomic E-state index is 10.2. The predicted molar refractivity (Wildman–Crippen MR) is 50.5 cm³/mol. The van der Waals surface area contributed by atoms with Crippen LogP contribution < -0.4 is 0 Å². The summed E-state index contributed by atoms with van der Waals surface area (Å²) >= 11 is 0. The van der Waals surface area contributed by atoms with E-state index < -0.39 is 5.97 Å². The predicted octanol–water partition coefficient (Wildman–Crippen LogP) is -0.448. The van der Waals surface area contributed by atoms with E-state index in [-0.39, 0.29) is 77.6 Å². The van der Waals surface area contributed by atoms with Crippen molar-refractivity contribution in [1.29, 1.82) is 0 Å². The summed E-state index contributed by atoms with van der Waals surface area (Å²) < 4.78 is 0. The molecule has 0 aliphatic carbocycles. The Kier molecular flexibility index (Phi) is 10.5. The number of carbonyl (C=O) groups is 1. The number of carboxylic acids is 1. The number of carboxylic acid groups (broad SMARTS) is 1. The minimum absolute atomic E-state index is 0. The fourth-order valence-electron chi connectivity index (χ4n) is 0.581. The zero-order valence-electron chi connectivity index (χ0n) is 5.45. The topological polar surface area (TPSA) is 37.3 Å². The molecule has 1 rings (SSSR count). The van der Waals surface area contributed by atoms with Gasteiger partial charge in [-0.05, 0) is 12.1 Å². The van der Waals surface area contributed by atoms with Crippen LogP contribution in [0.25, 0.3) is 0 Å². The molecule has 0 saturated heterocycles. The molecule has 56 valence electrons. The summed E-state index contributed by atoms with van der Waals surface area (Å²) in [5.41, 5.74) is 0.331. The molecule has 0 amide bonds. The van der Waals surface area contributed by atoms with Gasteiger partial charge in [0.05, 0.1) is 5.56 Å². The van der Waals surface area contributed by atoms with Gasteiger partial charge in [0.15, 0.2) is 0 Å². The first kappa shape index (κ1) is 14.7. The second kappa shape index (κ2) is 7.84. The van der Waals surface area contributed by atoms with Gasteiger partial charge in [-0.15, -0.1) is 0 Å². The maximum atomic E-state index is 10.2. The molecule has 4 heteroatoms. The van der Waals surface area contributed by atoms with Crippen molar-refractivity contribution in [1.82, 2.24) is 0 Å². The Hall–Kier alpha value is 1.21. The van der Waals surface area contributed by atoms with Crippen molar-refractivity contribution in [3.63, 3.8) is 0 Å². The Morgan fingerprint density at radius 1 is 1.18 bits per heavy atom. The van der Waals surface area contributed by atoms with Crippen molar-refractivity contribution in [3.05, 3.63) is 35.9 Å². The minimum atomic E-state index is -0.879. The number of rotatable bonds is 1. The molecular weight excluding hydrogens is 364 g/mol. The quantitative estimate of drug-likeness (QED) is 0.677. The molecule has 1 N–H and O–H groups in total. The van der Waals surface area contributed by atoms with Gasteiger partial charge >= 0.3 is 83.6 Å². The zero-order valence-corrected chi connectivity index (χ0v) is 10.9. The number of hydrogen-bond donors (Lipinski definition) is 1. The molecule has 0 bridgehead atoms. The van der Waals surface area contributed by atoms with Crippen LogP contribution in [0.5, 0.6) is 0 Å².